The van der Waals surface area contributed by atoms with Crippen LogP contribution >= 0.6 is 0 Å². The molecule has 1 heterocycles. The third-order valence-electron chi connectivity index (χ3n) is 3.76. The summed E-state index contributed by atoms with van der Waals surface area (Å²) >= 11 is 0. The molecule has 2 amide bonds. The normalized spacial score (nSPS) is 28.7. The van der Waals surface area contributed by atoms with Crippen molar-refractivity contribution in [2.45, 2.75) is 45.1 Å². The maximum absolute atomic E-state index is 12.1. The van der Waals surface area contributed by atoms with Gasteiger partial charge in [0.25, 0.3) is 0 Å². The van der Waals surface area contributed by atoms with Crippen LogP contribution in [0, 0.1) is 11.8 Å². The van der Waals surface area contributed by atoms with Crippen LogP contribution in [0.5, 0.6) is 0 Å². The molecule has 2 unspecified atom stereocenters. The van der Waals surface area contributed by atoms with Gasteiger partial charge < -0.3 is 5.11 Å². The number of hydrogen-bond acceptors (Lipinski definition) is 3. The summed E-state index contributed by atoms with van der Waals surface area (Å²) in [5.74, 6) is -1.52. The molecule has 5 nitrogen and oxygen atoms in total. The van der Waals surface area contributed by atoms with Crippen molar-refractivity contribution in [2.24, 2.45) is 11.8 Å². The van der Waals surface area contributed by atoms with Gasteiger partial charge in [0.2, 0.25) is 11.8 Å². The van der Waals surface area contributed by atoms with E-state index in [4.69, 9.17) is 5.11 Å². The number of rotatable bonds is 3. The Morgan fingerprint density at radius 2 is 1.76 bits per heavy atom. The molecule has 1 aliphatic carbocycles. The van der Waals surface area contributed by atoms with Crippen LogP contribution in [0.3, 0.4) is 0 Å². The number of piperidine rings is 1. The Bertz CT molecular complexity index is 366. The number of nitrogens with zero attached hydrogens (tertiary/aromatic N) is 1. The Hall–Kier alpha value is -1.39. The summed E-state index contributed by atoms with van der Waals surface area (Å²) in [6.07, 6.45) is 1.96. The quantitative estimate of drug-likeness (QED) is 0.746. The average Bonchev–Trinajstić information content (AvgIpc) is 2.58. The van der Waals surface area contributed by atoms with Gasteiger partial charge in [-0.15, -0.1) is 0 Å². The summed E-state index contributed by atoms with van der Waals surface area (Å²) in [4.78, 5) is 36.3. The SMILES string of the molecule is CC(C)(CC(=O)O)N1C(=O)C2CCC(C2)C1=O. The zero-order valence-corrected chi connectivity index (χ0v) is 10.1. The van der Waals surface area contributed by atoms with Crippen molar-refractivity contribution in [3.63, 3.8) is 0 Å². The van der Waals surface area contributed by atoms with Crippen LogP contribution in [0.2, 0.25) is 0 Å². The Balaban J connectivity index is 2.27. The maximum Gasteiger partial charge on any atom is 0.305 e. The zero-order chi connectivity index (χ0) is 12.8. The molecular formula is C12H17NO4. The van der Waals surface area contributed by atoms with E-state index >= 15 is 0 Å². The van der Waals surface area contributed by atoms with Crippen molar-refractivity contribution in [2.75, 3.05) is 0 Å². The molecule has 94 valence electrons. The van der Waals surface area contributed by atoms with E-state index in [1.165, 1.54) is 4.90 Å². The van der Waals surface area contributed by atoms with Crippen molar-refractivity contribution in [1.82, 2.24) is 4.90 Å². The molecule has 0 spiro atoms. The van der Waals surface area contributed by atoms with Gasteiger partial charge in [-0.1, -0.05) is 0 Å². The molecule has 2 rings (SSSR count). The first-order valence-corrected chi connectivity index (χ1v) is 5.92. The molecule has 2 fully saturated rings. The molecule has 2 bridgehead atoms. The summed E-state index contributed by atoms with van der Waals surface area (Å²) in [5.41, 5.74) is -0.929. The fourth-order valence-electron chi connectivity index (χ4n) is 2.95. The molecule has 1 saturated carbocycles. The van der Waals surface area contributed by atoms with Crippen molar-refractivity contribution in [1.29, 1.82) is 0 Å². The lowest BCUT2D eigenvalue weighted by molar-refractivity contribution is -0.161. The van der Waals surface area contributed by atoms with E-state index in [0.29, 0.717) is 6.42 Å². The Morgan fingerprint density at radius 1 is 1.29 bits per heavy atom. The minimum Gasteiger partial charge on any atom is -0.481 e. The van der Waals surface area contributed by atoms with Crippen LogP contribution in [0.1, 0.15) is 39.5 Å². The van der Waals surface area contributed by atoms with Crippen molar-refractivity contribution in [3.8, 4) is 0 Å². The number of fused-ring (bicyclic) bond motifs is 2. The van der Waals surface area contributed by atoms with Gasteiger partial charge in [0.1, 0.15) is 0 Å². The second kappa shape index (κ2) is 3.82. The summed E-state index contributed by atoms with van der Waals surface area (Å²) in [7, 11) is 0. The third kappa shape index (κ3) is 1.94. The van der Waals surface area contributed by atoms with Crippen LogP contribution < -0.4 is 0 Å². The first kappa shape index (κ1) is 12.1. The highest BCUT2D eigenvalue weighted by Crippen LogP contribution is 2.41. The summed E-state index contributed by atoms with van der Waals surface area (Å²) in [6.45, 7) is 3.28. The number of hydrogen-bond donors (Lipinski definition) is 1. The molecule has 5 heteroatoms. The lowest BCUT2D eigenvalue weighted by atomic mass is 9.89. The average molecular weight is 239 g/mol. The van der Waals surface area contributed by atoms with E-state index in [9.17, 15) is 14.4 Å². The minimum atomic E-state index is -0.992. The van der Waals surface area contributed by atoms with E-state index < -0.39 is 11.5 Å². The molecule has 2 aliphatic rings. The topological polar surface area (TPSA) is 74.7 Å². The molecule has 2 atom stereocenters. The molecular weight excluding hydrogens is 222 g/mol. The number of carboxylic acid groups (broad SMARTS) is 1. The van der Waals surface area contributed by atoms with Crippen LogP contribution in [0.25, 0.3) is 0 Å². The van der Waals surface area contributed by atoms with Crippen molar-refractivity contribution < 1.29 is 19.5 Å². The van der Waals surface area contributed by atoms with Crippen molar-refractivity contribution >= 4 is 17.8 Å². The van der Waals surface area contributed by atoms with Gasteiger partial charge in [-0.25, -0.2) is 0 Å². The first-order chi connectivity index (χ1) is 7.83. The standard InChI is InChI=1S/C12H17NO4/c1-12(2,6-9(14)15)13-10(16)7-3-4-8(5-7)11(13)17/h7-8H,3-6H2,1-2H3,(H,14,15). The third-order valence-corrected chi connectivity index (χ3v) is 3.76. The summed E-state index contributed by atoms with van der Waals surface area (Å²) < 4.78 is 0. The van der Waals surface area contributed by atoms with E-state index in [0.717, 1.165) is 12.8 Å². The van der Waals surface area contributed by atoms with Gasteiger partial charge in [0.15, 0.2) is 0 Å². The fourth-order valence-corrected chi connectivity index (χ4v) is 2.95. The molecule has 17 heavy (non-hydrogen) atoms. The Kier molecular flexibility index (Phi) is 2.72. The number of carbonyl (C=O) groups is 3. The number of likely N-dealkylation sites (tertiary alicyclic amines) is 1. The summed E-state index contributed by atoms with van der Waals surface area (Å²) in [5, 5.41) is 8.85. The van der Waals surface area contributed by atoms with Gasteiger partial charge in [-0.3, -0.25) is 19.3 Å². The molecule has 1 aliphatic heterocycles. The lowest BCUT2D eigenvalue weighted by Crippen LogP contribution is -2.57. The fraction of sp³-hybridized carbons (Fsp3) is 0.750. The number of aliphatic carboxylic acids is 1. The van der Waals surface area contributed by atoms with Crippen LogP contribution in [0.15, 0.2) is 0 Å². The van der Waals surface area contributed by atoms with Gasteiger partial charge >= 0.3 is 5.97 Å². The molecule has 0 radical (unpaired) electrons. The largest absolute Gasteiger partial charge is 0.481 e. The number of carboxylic acids is 1. The number of carbonyl (C=O) groups excluding carboxylic acids is 2. The smallest absolute Gasteiger partial charge is 0.305 e. The van der Waals surface area contributed by atoms with Gasteiger partial charge in [-0.2, -0.15) is 0 Å². The van der Waals surface area contributed by atoms with Gasteiger partial charge in [0, 0.05) is 11.8 Å². The van der Waals surface area contributed by atoms with Crippen molar-refractivity contribution in [3.05, 3.63) is 0 Å². The Morgan fingerprint density at radius 3 is 2.18 bits per heavy atom. The van der Waals surface area contributed by atoms with Gasteiger partial charge in [0.05, 0.1) is 12.0 Å². The van der Waals surface area contributed by atoms with Crippen LogP contribution in [-0.4, -0.2) is 33.3 Å². The molecule has 0 aromatic carbocycles. The highest BCUT2D eigenvalue weighted by atomic mass is 16.4. The Labute approximate surface area is 99.8 Å². The van der Waals surface area contributed by atoms with Gasteiger partial charge in [-0.05, 0) is 33.1 Å². The number of imide groups is 1. The first-order valence-electron chi connectivity index (χ1n) is 5.92. The predicted molar refractivity (Wildman–Crippen MR) is 59.0 cm³/mol. The van der Waals surface area contributed by atoms with E-state index in [1.807, 2.05) is 0 Å². The molecule has 1 saturated heterocycles. The maximum atomic E-state index is 12.1. The molecule has 0 aromatic heterocycles. The highest BCUT2D eigenvalue weighted by molar-refractivity contribution is 6.02. The van der Waals surface area contributed by atoms with Crippen LogP contribution in [0.4, 0.5) is 0 Å². The van der Waals surface area contributed by atoms with Crippen LogP contribution in [-0.2, 0) is 14.4 Å². The monoisotopic (exact) mass is 239 g/mol. The van der Waals surface area contributed by atoms with E-state index in [-0.39, 0.29) is 30.1 Å². The minimum absolute atomic E-state index is 0.0780. The highest BCUT2D eigenvalue weighted by Gasteiger charge is 2.50. The lowest BCUT2D eigenvalue weighted by Gasteiger charge is -2.40. The second-order valence-corrected chi connectivity index (χ2v) is 5.60. The number of amides is 2. The predicted octanol–water partition coefficient (Wildman–Crippen LogP) is 1.02. The van der Waals surface area contributed by atoms with E-state index in [2.05, 4.69) is 0 Å². The second-order valence-electron chi connectivity index (χ2n) is 5.60. The van der Waals surface area contributed by atoms with E-state index in [1.54, 1.807) is 13.8 Å². The molecule has 0 aromatic rings. The summed E-state index contributed by atoms with van der Waals surface area (Å²) in [6, 6.07) is 0. The molecule has 1 N–H and O–H groups in total. The zero-order valence-electron chi connectivity index (χ0n) is 10.1.